The van der Waals surface area contributed by atoms with Crippen LogP contribution in [0.15, 0.2) is 0 Å². The molecule has 0 aliphatic carbocycles. The van der Waals surface area contributed by atoms with E-state index < -0.39 is 0 Å². The van der Waals surface area contributed by atoms with Crippen LogP contribution in [0.25, 0.3) is 0 Å². The quantitative estimate of drug-likeness (QED) is 0.378. The molecule has 0 aromatic heterocycles. The highest BCUT2D eigenvalue weighted by Crippen LogP contribution is 2.10. The lowest BCUT2D eigenvalue weighted by Crippen LogP contribution is -2.35. The molecule has 0 spiro atoms. The van der Waals surface area contributed by atoms with Crippen molar-refractivity contribution in [3.63, 3.8) is 0 Å². The van der Waals surface area contributed by atoms with Crippen molar-refractivity contribution in [2.75, 3.05) is 13.2 Å². The number of hydrogen-bond donors (Lipinski definition) is 1. The van der Waals surface area contributed by atoms with Crippen LogP contribution in [0.2, 0.25) is 0 Å². The molecule has 0 bridgehead atoms. The molecule has 0 heterocycles. The summed E-state index contributed by atoms with van der Waals surface area (Å²) in [5, 5.41) is 3.22. The standard InChI is InChI=1S/C17H35NO2/c1-4-6-7-8-9-10-11-12-13-14-15-18-16(3)17(19)20-5-2/h16,18H,4-15H2,1-3H3. The molecular weight excluding hydrogens is 250 g/mol. The van der Waals surface area contributed by atoms with Gasteiger partial charge >= 0.3 is 5.97 Å². The monoisotopic (exact) mass is 285 g/mol. The molecule has 0 aromatic carbocycles. The van der Waals surface area contributed by atoms with E-state index in [4.69, 9.17) is 4.74 Å². The van der Waals surface area contributed by atoms with Gasteiger partial charge in [0.1, 0.15) is 6.04 Å². The average molecular weight is 285 g/mol. The molecule has 0 amide bonds. The van der Waals surface area contributed by atoms with Crippen molar-refractivity contribution in [1.29, 1.82) is 0 Å². The van der Waals surface area contributed by atoms with Gasteiger partial charge in [-0.3, -0.25) is 4.79 Å². The lowest BCUT2D eigenvalue weighted by molar-refractivity contribution is -0.145. The minimum Gasteiger partial charge on any atom is -0.465 e. The van der Waals surface area contributed by atoms with Crippen LogP contribution in [0.3, 0.4) is 0 Å². The molecule has 0 fully saturated rings. The summed E-state index contributed by atoms with van der Waals surface area (Å²) in [5.74, 6) is -0.139. The number of nitrogens with one attached hydrogen (secondary N) is 1. The lowest BCUT2D eigenvalue weighted by atomic mass is 10.1. The zero-order valence-electron chi connectivity index (χ0n) is 13.9. The van der Waals surface area contributed by atoms with Gasteiger partial charge < -0.3 is 10.1 Å². The summed E-state index contributed by atoms with van der Waals surface area (Å²) in [4.78, 5) is 11.4. The van der Waals surface area contributed by atoms with Crippen LogP contribution in [0.4, 0.5) is 0 Å². The Balaban J connectivity index is 3.18. The maximum atomic E-state index is 11.4. The van der Waals surface area contributed by atoms with Gasteiger partial charge in [-0.05, 0) is 26.8 Å². The number of hydrogen-bond acceptors (Lipinski definition) is 3. The SMILES string of the molecule is CCCCCCCCCCCCNC(C)C(=O)OCC. The molecule has 0 aliphatic rings. The summed E-state index contributed by atoms with van der Waals surface area (Å²) in [7, 11) is 0. The number of unbranched alkanes of at least 4 members (excludes halogenated alkanes) is 9. The normalized spacial score (nSPS) is 12.3. The van der Waals surface area contributed by atoms with Gasteiger partial charge in [-0.2, -0.15) is 0 Å². The predicted octanol–water partition coefficient (Wildman–Crippen LogP) is 4.45. The fourth-order valence-electron chi connectivity index (χ4n) is 2.28. The number of carbonyl (C=O) groups is 1. The summed E-state index contributed by atoms with van der Waals surface area (Å²) in [6.07, 6.45) is 13.4. The maximum Gasteiger partial charge on any atom is 0.322 e. The van der Waals surface area contributed by atoms with E-state index in [2.05, 4.69) is 12.2 Å². The molecular formula is C17H35NO2. The van der Waals surface area contributed by atoms with E-state index in [9.17, 15) is 4.79 Å². The molecule has 120 valence electrons. The summed E-state index contributed by atoms with van der Waals surface area (Å²) < 4.78 is 4.95. The van der Waals surface area contributed by atoms with Crippen LogP contribution in [-0.2, 0) is 9.53 Å². The molecule has 1 unspecified atom stereocenters. The van der Waals surface area contributed by atoms with Gasteiger partial charge in [0.25, 0.3) is 0 Å². The van der Waals surface area contributed by atoms with Crippen LogP contribution in [-0.4, -0.2) is 25.2 Å². The van der Waals surface area contributed by atoms with Crippen molar-refractivity contribution in [3.8, 4) is 0 Å². The summed E-state index contributed by atoms with van der Waals surface area (Å²) >= 11 is 0. The van der Waals surface area contributed by atoms with Crippen molar-refractivity contribution in [3.05, 3.63) is 0 Å². The number of esters is 1. The first kappa shape index (κ1) is 19.4. The zero-order chi connectivity index (χ0) is 15.1. The van der Waals surface area contributed by atoms with Crippen molar-refractivity contribution >= 4 is 5.97 Å². The van der Waals surface area contributed by atoms with E-state index in [0.717, 1.165) is 13.0 Å². The van der Waals surface area contributed by atoms with E-state index in [1.807, 2.05) is 13.8 Å². The first-order valence-electron chi connectivity index (χ1n) is 8.62. The van der Waals surface area contributed by atoms with Crippen molar-refractivity contribution in [2.45, 2.75) is 91.0 Å². The topological polar surface area (TPSA) is 38.3 Å². The zero-order valence-corrected chi connectivity index (χ0v) is 13.9. The third-order valence-electron chi connectivity index (χ3n) is 3.62. The lowest BCUT2D eigenvalue weighted by Gasteiger charge is -2.12. The Morgan fingerprint density at radius 1 is 0.900 bits per heavy atom. The number of carbonyl (C=O) groups excluding carboxylic acids is 1. The molecule has 20 heavy (non-hydrogen) atoms. The molecule has 0 aliphatic heterocycles. The van der Waals surface area contributed by atoms with Gasteiger partial charge in [0.05, 0.1) is 6.61 Å². The molecule has 0 radical (unpaired) electrons. The highest BCUT2D eigenvalue weighted by molar-refractivity contribution is 5.75. The number of ether oxygens (including phenoxy) is 1. The van der Waals surface area contributed by atoms with E-state index in [1.165, 1.54) is 57.8 Å². The highest BCUT2D eigenvalue weighted by Gasteiger charge is 2.11. The average Bonchev–Trinajstić information content (AvgIpc) is 2.44. The van der Waals surface area contributed by atoms with Crippen LogP contribution < -0.4 is 5.32 Å². The van der Waals surface area contributed by atoms with Crippen molar-refractivity contribution in [2.24, 2.45) is 0 Å². The molecule has 1 atom stereocenters. The minimum absolute atomic E-state index is 0.139. The second-order valence-corrected chi connectivity index (χ2v) is 5.61. The molecule has 1 N–H and O–H groups in total. The molecule has 3 heteroatoms. The first-order chi connectivity index (χ1) is 9.72. The predicted molar refractivity (Wildman–Crippen MR) is 85.9 cm³/mol. The fourth-order valence-corrected chi connectivity index (χ4v) is 2.28. The van der Waals surface area contributed by atoms with Gasteiger partial charge in [-0.1, -0.05) is 64.7 Å². The van der Waals surface area contributed by atoms with Gasteiger partial charge in [0.15, 0.2) is 0 Å². The van der Waals surface area contributed by atoms with Crippen LogP contribution in [0.5, 0.6) is 0 Å². The largest absolute Gasteiger partial charge is 0.465 e. The Morgan fingerprint density at radius 3 is 1.90 bits per heavy atom. The molecule has 0 aromatic rings. The minimum atomic E-state index is -0.173. The first-order valence-corrected chi connectivity index (χ1v) is 8.62. The van der Waals surface area contributed by atoms with Gasteiger partial charge in [-0.25, -0.2) is 0 Å². The van der Waals surface area contributed by atoms with Crippen LogP contribution in [0.1, 0.15) is 85.0 Å². The van der Waals surface area contributed by atoms with E-state index in [1.54, 1.807) is 0 Å². The van der Waals surface area contributed by atoms with Gasteiger partial charge in [-0.15, -0.1) is 0 Å². The smallest absolute Gasteiger partial charge is 0.322 e. The van der Waals surface area contributed by atoms with E-state index >= 15 is 0 Å². The maximum absolute atomic E-state index is 11.4. The fraction of sp³-hybridized carbons (Fsp3) is 0.941. The Bertz CT molecular complexity index is 219. The van der Waals surface area contributed by atoms with Crippen LogP contribution in [0, 0.1) is 0 Å². The third kappa shape index (κ3) is 12.5. The second-order valence-electron chi connectivity index (χ2n) is 5.61. The molecule has 0 rings (SSSR count). The molecule has 3 nitrogen and oxygen atoms in total. The van der Waals surface area contributed by atoms with E-state index in [-0.39, 0.29) is 12.0 Å². The molecule has 0 saturated carbocycles. The van der Waals surface area contributed by atoms with Crippen LogP contribution >= 0.6 is 0 Å². The molecule has 0 saturated heterocycles. The third-order valence-corrected chi connectivity index (χ3v) is 3.62. The summed E-state index contributed by atoms with van der Waals surface area (Å²) in [5.41, 5.74) is 0. The Labute approximate surface area is 125 Å². The van der Waals surface area contributed by atoms with Crippen molar-refractivity contribution in [1.82, 2.24) is 5.32 Å². The van der Waals surface area contributed by atoms with Gasteiger partial charge in [0, 0.05) is 0 Å². The summed E-state index contributed by atoms with van der Waals surface area (Å²) in [6, 6.07) is -0.173. The van der Waals surface area contributed by atoms with Crippen molar-refractivity contribution < 1.29 is 9.53 Å². The summed E-state index contributed by atoms with van der Waals surface area (Å²) in [6.45, 7) is 7.34. The highest BCUT2D eigenvalue weighted by atomic mass is 16.5. The van der Waals surface area contributed by atoms with E-state index in [0.29, 0.717) is 6.61 Å². The second kappa shape index (κ2) is 14.8. The Morgan fingerprint density at radius 2 is 1.40 bits per heavy atom. The Kier molecular flexibility index (Phi) is 14.4. The Hall–Kier alpha value is -0.570. The van der Waals surface area contributed by atoms with Gasteiger partial charge in [0.2, 0.25) is 0 Å². The number of rotatable bonds is 14.